The summed E-state index contributed by atoms with van der Waals surface area (Å²) >= 11 is 0. The van der Waals surface area contributed by atoms with Crippen molar-refractivity contribution in [3.8, 4) is 0 Å². The van der Waals surface area contributed by atoms with Gasteiger partial charge in [-0.15, -0.1) is 0 Å². The molecule has 0 bridgehead atoms. The highest BCUT2D eigenvalue weighted by molar-refractivity contribution is 5.22. The predicted octanol–water partition coefficient (Wildman–Crippen LogP) is -0.458. The number of imidazole rings is 1. The molecule has 0 saturated carbocycles. The first kappa shape index (κ1) is 13.5. The number of aliphatic hydroxyl groups excluding tert-OH is 1. The first-order valence-corrected chi connectivity index (χ1v) is 6.80. The summed E-state index contributed by atoms with van der Waals surface area (Å²) in [6.45, 7) is 3.20. The normalized spacial score (nSPS) is 32.9. The number of fused-ring (bicyclic) bond motifs is 1. The molecule has 0 aromatic carbocycles. The Morgan fingerprint density at radius 1 is 1.65 bits per heavy atom. The molecule has 110 valence electrons. The maximum atomic E-state index is 11.0. The number of piperidine rings is 1. The van der Waals surface area contributed by atoms with Gasteiger partial charge in [0.25, 0.3) is 0 Å². The summed E-state index contributed by atoms with van der Waals surface area (Å²) in [5, 5.41) is 20.2. The van der Waals surface area contributed by atoms with Crippen LogP contribution in [0, 0.1) is 10.1 Å². The van der Waals surface area contributed by atoms with Gasteiger partial charge in [0.2, 0.25) is 0 Å². The maximum Gasteiger partial charge on any atom is 0.434 e. The van der Waals surface area contributed by atoms with E-state index in [4.69, 9.17) is 0 Å². The summed E-state index contributed by atoms with van der Waals surface area (Å²) < 4.78 is 1.61. The van der Waals surface area contributed by atoms with Crippen LogP contribution >= 0.6 is 0 Å². The van der Waals surface area contributed by atoms with Crippen LogP contribution in [0.15, 0.2) is 12.4 Å². The highest BCUT2D eigenvalue weighted by atomic mass is 16.6. The summed E-state index contributed by atoms with van der Waals surface area (Å²) in [7, 11) is 2.07. The molecule has 2 aliphatic rings. The van der Waals surface area contributed by atoms with Gasteiger partial charge >= 0.3 is 5.95 Å². The van der Waals surface area contributed by atoms with Crippen molar-refractivity contribution < 1.29 is 10.0 Å². The lowest BCUT2D eigenvalue weighted by atomic mass is 9.98. The zero-order valence-electron chi connectivity index (χ0n) is 11.5. The molecule has 0 radical (unpaired) electrons. The topological polar surface area (TPSA) is 87.4 Å². The molecule has 3 atom stereocenters. The van der Waals surface area contributed by atoms with E-state index in [-0.39, 0.29) is 18.1 Å². The molecule has 2 saturated heterocycles. The second kappa shape index (κ2) is 4.80. The van der Waals surface area contributed by atoms with Crippen molar-refractivity contribution in [1.82, 2.24) is 19.4 Å². The molecule has 3 rings (SSSR count). The van der Waals surface area contributed by atoms with E-state index in [2.05, 4.69) is 21.8 Å². The van der Waals surface area contributed by atoms with Crippen molar-refractivity contribution in [1.29, 1.82) is 0 Å². The summed E-state index contributed by atoms with van der Waals surface area (Å²) in [6, 6.07) is 0.410. The molecule has 3 heterocycles. The average Bonchev–Trinajstić information content (AvgIpc) is 2.78. The van der Waals surface area contributed by atoms with E-state index in [1.165, 1.54) is 6.20 Å². The van der Waals surface area contributed by atoms with Crippen LogP contribution in [0.25, 0.3) is 0 Å². The molecular formula is C12H19N5O3. The average molecular weight is 281 g/mol. The fraction of sp³-hybridized carbons (Fsp3) is 0.750. The summed E-state index contributed by atoms with van der Waals surface area (Å²) in [4.78, 5) is 18.8. The molecule has 0 amide bonds. The minimum Gasteiger partial charge on any atom is -0.395 e. The van der Waals surface area contributed by atoms with Crippen LogP contribution in [0.1, 0.15) is 6.42 Å². The number of hydrogen-bond acceptors (Lipinski definition) is 6. The van der Waals surface area contributed by atoms with Crippen LogP contribution in [0.2, 0.25) is 0 Å². The number of nitrogens with zero attached hydrogens (tertiary/aromatic N) is 5. The summed E-state index contributed by atoms with van der Waals surface area (Å²) in [6.07, 6.45) is 4.17. The highest BCUT2D eigenvalue weighted by Gasteiger charge is 2.64. The Morgan fingerprint density at radius 3 is 3.15 bits per heavy atom. The van der Waals surface area contributed by atoms with E-state index in [1.54, 1.807) is 10.8 Å². The minimum atomic E-state index is -0.447. The predicted molar refractivity (Wildman–Crippen MR) is 71.3 cm³/mol. The molecule has 8 heteroatoms. The van der Waals surface area contributed by atoms with Crippen LogP contribution in [0.4, 0.5) is 5.95 Å². The van der Waals surface area contributed by atoms with E-state index in [0.717, 1.165) is 19.5 Å². The fourth-order valence-electron chi connectivity index (χ4n) is 3.64. The number of nitro groups is 1. The summed E-state index contributed by atoms with van der Waals surface area (Å²) in [5.41, 5.74) is -0.0960. The van der Waals surface area contributed by atoms with Gasteiger partial charge in [0, 0.05) is 19.1 Å². The lowest BCUT2D eigenvalue weighted by molar-refractivity contribution is -0.396. The number of aromatic nitrogens is 2. The zero-order chi connectivity index (χ0) is 14.3. The largest absolute Gasteiger partial charge is 0.434 e. The van der Waals surface area contributed by atoms with Crippen LogP contribution in [0.5, 0.6) is 0 Å². The van der Waals surface area contributed by atoms with Crippen molar-refractivity contribution in [3.05, 3.63) is 22.5 Å². The van der Waals surface area contributed by atoms with Gasteiger partial charge in [-0.2, -0.15) is 0 Å². The van der Waals surface area contributed by atoms with Gasteiger partial charge in [0.15, 0.2) is 0 Å². The smallest absolute Gasteiger partial charge is 0.395 e. The number of rotatable bonds is 5. The number of aliphatic hydroxyl groups is 1. The second-order valence-electron chi connectivity index (χ2n) is 5.68. The highest BCUT2D eigenvalue weighted by Crippen LogP contribution is 2.47. The van der Waals surface area contributed by atoms with Gasteiger partial charge < -0.3 is 20.1 Å². The van der Waals surface area contributed by atoms with Gasteiger partial charge in [0.1, 0.15) is 12.4 Å². The van der Waals surface area contributed by atoms with Gasteiger partial charge in [-0.1, -0.05) is 4.98 Å². The number of likely N-dealkylation sites (N-methyl/N-ethyl adjacent to an activating group) is 1. The molecule has 2 fully saturated rings. The SMILES string of the molecule is CN1CCC2N(CCO)C2(Cn2ccnc2[N+](=O)[O-])C1. The third-order valence-electron chi connectivity index (χ3n) is 4.47. The van der Waals surface area contributed by atoms with Crippen molar-refractivity contribution in [2.45, 2.75) is 24.5 Å². The number of β-amino-alcohol motifs (C(OH)–C–C–N with tert-alkyl or cyclic N) is 1. The summed E-state index contributed by atoms with van der Waals surface area (Å²) in [5.74, 6) is -0.109. The first-order chi connectivity index (χ1) is 9.58. The first-order valence-electron chi connectivity index (χ1n) is 6.80. The van der Waals surface area contributed by atoms with E-state index in [1.807, 2.05) is 0 Å². The van der Waals surface area contributed by atoms with E-state index in [0.29, 0.717) is 19.1 Å². The van der Waals surface area contributed by atoms with Crippen molar-refractivity contribution in [2.24, 2.45) is 0 Å². The van der Waals surface area contributed by atoms with Crippen LogP contribution in [0.3, 0.4) is 0 Å². The Balaban J connectivity index is 1.83. The van der Waals surface area contributed by atoms with Crippen LogP contribution in [-0.2, 0) is 6.54 Å². The zero-order valence-corrected chi connectivity index (χ0v) is 11.5. The maximum absolute atomic E-state index is 11.0. The van der Waals surface area contributed by atoms with E-state index in [9.17, 15) is 15.2 Å². The Hall–Kier alpha value is -1.51. The van der Waals surface area contributed by atoms with Gasteiger partial charge in [-0.25, -0.2) is 4.57 Å². The third-order valence-corrected chi connectivity index (χ3v) is 4.47. The molecule has 0 aliphatic carbocycles. The Kier molecular flexibility index (Phi) is 3.23. The minimum absolute atomic E-state index is 0.0960. The fourth-order valence-corrected chi connectivity index (χ4v) is 3.64. The molecule has 20 heavy (non-hydrogen) atoms. The molecule has 1 N–H and O–H groups in total. The molecule has 8 nitrogen and oxygen atoms in total. The Bertz CT molecular complexity index is 519. The quantitative estimate of drug-likeness (QED) is 0.446. The van der Waals surface area contributed by atoms with Crippen molar-refractivity contribution in [3.63, 3.8) is 0 Å². The lowest BCUT2D eigenvalue weighted by Gasteiger charge is -2.27. The molecule has 1 aromatic rings. The monoisotopic (exact) mass is 281 g/mol. The van der Waals surface area contributed by atoms with Gasteiger partial charge in [-0.3, -0.25) is 4.90 Å². The second-order valence-corrected chi connectivity index (χ2v) is 5.68. The van der Waals surface area contributed by atoms with Gasteiger partial charge in [0.05, 0.1) is 18.7 Å². The lowest BCUT2D eigenvalue weighted by Crippen LogP contribution is -2.43. The number of hydrogen-bond donors (Lipinski definition) is 1. The molecule has 1 aromatic heterocycles. The molecule has 3 unspecified atom stereocenters. The Morgan fingerprint density at radius 2 is 2.45 bits per heavy atom. The van der Waals surface area contributed by atoms with Crippen LogP contribution in [-0.4, -0.2) is 74.3 Å². The third kappa shape index (κ3) is 2.00. The van der Waals surface area contributed by atoms with E-state index >= 15 is 0 Å². The standard InChI is InChI=1S/C12H19N5O3/c1-14-4-2-10-12(8-14,16(10)6-7-18)9-15-5-3-13-11(15)17(19)20/h3,5,10,18H,2,4,6-9H2,1H3. The molecular weight excluding hydrogens is 262 g/mol. The molecule has 2 aliphatic heterocycles. The molecule has 0 spiro atoms. The van der Waals surface area contributed by atoms with Crippen molar-refractivity contribution in [2.75, 3.05) is 33.3 Å². The number of likely N-dealkylation sites (tertiary alicyclic amines) is 1. The van der Waals surface area contributed by atoms with E-state index < -0.39 is 4.92 Å². The van der Waals surface area contributed by atoms with Crippen LogP contribution < -0.4 is 0 Å². The van der Waals surface area contributed by atoms with Gasteiger partial charge in [-0.05, 0) is 24.9 Å². The Labute approximate surface area is 116 Å². The van der Waals surface area contributed by atoms with Crippen molar-refractivity contribution >= 4 is 5.95 Å².